The molecule has 0 spiro atoms. The molecule has 0 fully saturated rings. The Kier molecular flexibility index (Phi) is 4.02. The largest absolute Gasteiger partial charge is 0.272 e. The lowest BCUT2D eigenvalue weighted by Gasteiger charge is -2.09. The number of nitrogens with one attached hydrogen (secondary N) is 1. The fourth-order valence-corrected chi connectivity index (χ4v) is 3.03. The normalized spacial score (nSPS) is 11.4. The van der Waals surface area contributed by atoms with Crippen LogP contribution in [0.5, 0.6) is 0 Å². The van der Waals surface area contributed by atoms with E-state index in [9.17, 15) is 17.6 Å². The lowest BCUT2D eigenvalue weighted by molar-refractivity contribution is 0.602. The van der Waals surface area contributed by atoms with E-state index in [1.54, 1.807) is 12.1 Å². The first-order valence-corrected chi connectivity index (χ1v) is 8.89. The molecule has 5 nitrogen and oxygen atoms in total. The molecule has 2 aromatic carbocycles. The number of sulfone groups is 1. The highest BCUT2D eigenvalue weighted by Gasteiger charge is 2.14. The fraction of sp³-hybridized carbons (Fsp3) is 0.0588. The molecule has 24 heavy (non-hydrogen) atoms. The Morgan fingerprint density at radius 3 is 2.12 bits per heavy atom. The summed E-state index contributed by atoms with van der Waals surface area (Å²) in [4.78, 5) is 12.4. The number of benzene rings is 2. The summed E-state index contributed by atoms with van der Waals surface area (Å²) in [6.07, 6.45) is 2.61. The molecule has 1 heterocycles. The van der Waals surface area contributed by atoms with Gasteiger partial charge in [-0.2, -0.15) is 5.10 Å². The van der Waals surface area contributed by atoms with E-state index in [0.717, 1.165) is 6.26 Å². The summed E-state index contributed by atoms with van der Waals surface area (Å²) in [6, 6.07) is 11.7. The molecule has 1 N–H and O–H groups in total. The molecule has 7 heteroatoms. The third kappa shape index (κ3) is 3.11. The number of aromatic nitrogens is 2. The minimum absolute atomic E-state index is 0.187. The van der Waals surface area contributed by atoms with Crippen molar-refractivity contribution in [3.63, 3.8) is 0 Å². The number of hydrogen-bond donors (Lipinski definition) is 1. The standard InChI is InChI=1S/C17H13FN2O3S/c1-24(22,23)14-8-4-11(5-9-14)15-10-19-20-17(21)16(15)12-2-6-13(18)7-3-12/h2-10H,1H3,(H,20,21). The molecule has 0 saturated carbocycles. The smallest absolute Gasteiger partial charge is 0.267 e. The highest BCUT2D eigenvalue weighted by atomic mass is 32.2. The second-order valence-corrected chi connectivity index (χ2v) is 7.31. The molecular weight excluding hydrogens is 331 g/mol. The quantitative estimate of drug-likeness (QED) is 0.792. The summed E-state index contributed by atoms with van der Waals surface area (Å²) < 4.78 is 36.2. The topological polar surface area (TPSA) is 79.9 Å². The van der Waals surface area contributed by atoms with E-state index in [-0.39, 0.29) is 4.90 Å². The average molecular weight is 344 g/mol. The van der Waals surface area contributed by atoms with Gasteiger partial charge in [-0.15, -0.1) is 0 Å². The van der Waals surface area contributed by atoms with E-state index < -0.39 is 21.2 Å². The van der Waals surface area contributed by atoms with E-state index in [4.69, 9.17) is 0 Å². The Morgan fingerprint density at radius 1 is 0.958 bits per heavy atom. The van der Waals surface area contributed by atoms with Gasteiger partial charge in [-0.05, 0) is 35.4 Å². The van der Waals surface area contributed by atoms with Gasteiger partial charge in [0.25, 0.3) is 5.56 Å². The van der Waals surface area contributed by atoms with Crippen molar-refractivity contribution in [1.82, 2.24) is 10.2 Å². The van der Waals surface area contributed by atoms with Crippen LogP contribution in [-0.2, 0) is 9.84 Å². The average Bonchev–Trinajstić information content (AvgIpc) is 2.55. The van der Waals surface area contributed by atoms with Gasteiger partial charge in [0.05, 0.1) is 16.7 Å². The molecule has 0 amide bonds. The summed E-state index contributed by atoms with van der Waals surface area (Å²) in [6.45, 7) is 0. The van der Waals surface area contributed by atoms with Crippen molar-refractivity contribution in [2.75, 3.05) is 6.26 Å². The van der Waals surface area contributed by atoms with Crippen molar-refractivity contribution >= 4 is 9.84 Å². The predicted molar refractivity (Wildman–Crippen MR) is 88.8 cm³/mol. The maximum Gasteiger partial charge on any atom is 0.272 e. The van der Waals surface area contributed by atoms with Gasteiger partial charge in [0, 0.05) is 11.8 Å². The number of nitrogens with zero attached hydrogens (tertiary/aromatic N) is 1. The summed E-state index contributed by atoms with van der Waals surface area (Å²) >= 11 is 0. The zero-order chi connectivity index (χ0) is 17.3. The van der Waals surface area contributed by atoms with Crippen molar-refractivity contribution in [2.45, 2.75) is 4.90 Å². The molecule has 0 aliphatic carbocycles. The maximum absolute atomic E-state index is 13.1. The second kappa shape index (κ2) is 6.01. The highest BCUT2D eigenvalue weighted by Crippen LogP contribution is 2.29. The van der Waals surface area contributed by atoms with Crippen molar-refractivity contribution in [3.8, 4) is 22.3 Å². The first kappa shape index (κ1) is 16.1. The van der Waals surface area contributed by atoms with Gasteiger partial charge >= 0.3 is 0 Å². The molecule has 3 aromatic rings. The molecule has 0 aliphatic rings. The first-order chi connectivity index (χ1) is 11.4. The SMILES string of the molecule is CS(=O)(=O)c1ccc(-c2cn[nH]c(=O)c2-c2ccc(F)cc2)cc1. The maximum atomic E-state index is 13.1. The van der Waals surface area contributed by atoms with Crippen molar-refractivity contribution in [3.05, 3.63) is 70.9 Å². The minimum atomic E-state index is -3.30. The van der Waals surface area contributed by atoms with Crippen LogP contribution in [0, 0.1) is 5.82 Å². The third-order valence-corrected chi connectivity index (χ3v) is 4.71. The van der Waals surface area contributed by atoms with Crippen LogP contribution in [-0.4, -0.2) is 24.9 Å². The molecular formula is C17H13FN2O3S. The van der Waals surface area contributed by atoms with Crippen LogP contribution in [0.3, 0.4) is 0 Å². The van der Waals surface area contributed by atoms with E-state index in [2.05, 4.69) is 10.2 Å². The first-order valence-electron chi connectivity index (χ1n) is 7.00. The van der Waals surface area contributed by atoms with Crippen LogP contribution in [0.15, 0.2) is 64.4 Å². The summed E-state index contributed by atoms with van der Waals surface area (Å²) in [5, 5.41) is 6.17. The van der Waals surface area contributed by atoms with E-state index >= 15 is 0 Å². The Hall–Kier alpha value is -2.80. The van der Waals surface area contributed by atoms with Crippen LogP contribution < -0.4 is 5.56 Å². The molecule has 122 valence electrons. The monoisotopic (exact) mass is 344 g/mol. The van der Waals surface area contributed by atoms with Gasteiger partial charge in [-0.3, -0.25) is 4.79 Å². The highest BCUT2D eigenvalue weighted by molar-refractivity contribution is 7.90. The van der Waals surface area contributed by atoms with Crippen LogP contribution in [0.1, 0.15) is 0 Å². The van der Waals surface area contributed by atoms with Gasteiger partial charge in [0.2, 0.25) is 0 Å². The molecule has 3 rings (SSSR count). The second-order valence-electron chi connectivity index (χ2n) is 5.29. The Balaban J connectivity index is 2.17. The summed E-state index contributed by atoms with van der Waals surface area (Å²) in [5.41, 5.74) is 1.65. The number of rotatable bonds is 3. The lowest BCUT2D eigenvalue weighted by Crippen LogP contribution is -2.12. The van der Waals surface area contributed by atoms with Gasteiger partial charge in [-0.25, -0.2) is 17.9 Å². The molecule has 0 atom stereocenters. The number of aromatic amines is 1. The van der Waals surface area contributed by atoms with Crippen LogP contribution in [0.4, 0.5) is 4.39 Å². The van der Waals surface area contributed by atoms with E-state index in [0.29, 0.717) is 22.3 Å². The molecule has 0 unspecified atom stereocenters. The molecule has 1 aromatic heterocycles. The number of hydrogen-bond acceptors (Lipinski definition) is 4. The molecule has 0 radical (unpaired) electrons. The fourth-order valence-electron chi connectivity index (χ4n) is 2.40. The summed E-state index contributed by atoms with van der Waals surface area (Å²) in [5.74, 6) is -0.400. The minimum Gasteiger partial charge on any atom is -0.267 e. The Labute approximate surface area is 137 Å². The van der Waals surface area contributed by atoms with E-state index in [1.807, 2.05) is 0 Å². The molecule has 0 aliphatic heterocycles. The third-order valence-electron chi connectivity index (χ3n) is 3.58. The van der Waals surface area contributed by atoms with Crippen molar-refractivity contribution in [2.24, 2.45) is 0 Å². The molecule has 0 bridgehead atoms. The van der Waals surface area contributed by atoms with Gasteiger partial charge < -0.3 is 0 Å². The van der Waals surface area contributed by atoms with Gasteiger partial charge in [0.1, 0.15) is 5.82 Å². The molecule has 0 saturated heterocycles. The lowest BCUT2D eigenvalue weighted by atomic mass is 9.97. The van der Waals surface area contributed by atoms with Crippen molar-refractivity contribution < 1.29 is 12.8 Å². The Bertz CT molecular complexity index is 1040. The van der Waals surface area contributed by atoms with Crippen molar-refractivity contribution in [1.29, 1.82) is 0 Å². The van der Waals surface area contributed by atoms with Gasteiger partial charge in [-0.1, -0.05) is 24.3 Å². The van der Waals surface area contributed by atoms with E-state index in [1.165, 1.54) is 42.6 Å². The van der Waals surface area contributed by atoms with Gasteiger partial charge in [0.15, 0.2) is 9.84 Å². The van der Waals surface area contributed by atoms with Crippen LogP contribution in [0.2, 0.25) is 0 Å². The Morgan fingerprint density at radius 2 is 1.54 bits per heavy atom. The predicted octanol–water partition coefficient (Wildman–Crippen LogP) is 2.65. The van der Waals surface area contributed by atoms with Crippen LogP contribution in [0.25, 0.3) is 22.3 Å². The summed E-state index contributed by atoms with van der Waals surface area (Å²) in [7, 11) is -3.30. The van der Waals surface area contributed by atoms with Crippen LogP contribution >= 0.6 is 0 Å². The number of H-pyrrole nitrogens is 1. The number of halogens is 1. The zero-order valence-electron chi connectivity index (χ0n) is 12.7. The zero-order valence-corrected chi connectivity index (χ0v) is 13.5.